The van der Waals surface area contributed by atoms with Crippen LogP contribution in [0, 0.1) is 13.8 Å². The van der Waals surface area contributed by atoms with Crippen molar-refractivity contribution in [1.29, 1.82) is 0 Å². The first-order valence-corrected chi connectivity index (χ1v) is 12.0. The number of halogens is 6. The number of benzene rings is 1. The molecule has 1 aliphatic carbocycles. The third-order valence-corrected chi connectivity index (χ3v) is 7.65. The third-order valence-electron chi connectivity index (χ3n) is 5.65. The molecule has 0 N–H and O–H groups in total. The Labute approximate surface area is 205 Å². The molecule has 0 unspecified atom stereocenters. The largest absolute Gasteiger partial charge is 0.380 e. The highest BCUT2D eigenvalue weighted by Gasteiger charge is 2.80. The topological polar surface area (TPSA) is 17.1 Å². The summed E-state index contributed by atoms with van der Waals surface area (Å²) in [7, 11) is 0. The molecule has 0 fully saturated rings. The van der Waals surface area contributed by atoms with Crippen LogP contribution in [0.2, 0.25) is 0 Å². The second-order valence-electron chi connectivity index (χ2n) is 7.96. The molecule has 9 heteroatoms. The first-order valence-electron chi connectivity index (χ1n) is 10.4. The van der Waals surface area contributed by atoms with Gasteiger partial charge in [-0.3, -0.25) is 4.79 Å². The second kappa shape index (κ2) is 8.95. The van der Waals surface area contributed by atoms with E-state index in [0.717, 1.165) is 34.3 Å². The molecule has 2 aromatic heterocycles. The van der Waals surface area contributed by atoms with E-state index in [1.54, 1.807) is 18.2 Å². The van der Waals surface area contributed by atoms with Gasteiger partial charge in [-0.1, -0.05) is 48.6 Å². The summed E-state index contributed by atoms with van der Waals surface area (Å²) >= 11 is 1.81. The van der Waals surface area contributed by atoms with E-state index in [2.05, 4.69) is 0 Å². The minimum Gasteiger partial charge on any atom is -0.297 e. The lowest BCUT2D eigenvalue weighted by molar-refractivity contribution is -0.254. The maximum absolute atomic E-state index is 15.0. The molecule has 4 rings (SSSR count). The molecule has 2 heterocycles. The SMILES string of the molecule is Cc1sc(C=O)cc1C1=C(c2cc(/C=C/C=C/c3ccccc3)sc2C)C(F)(F)C(F)(F)C1(F)F. The van der Waals surface area contributed by atoms with E-state index in [1.165, 1.54) is 19.9 Å². The molecule has 1 aromatic carbocycles. The van der Waals surface area contributed by atoms with Gasteiger partial charge in [0, 0.05) is 25.8 Å². The fourth-order valence-electron chi connectivity index (χ4n) is 3.96. The summed E-state index contributed by atoms with van der Waals surface area (Å²) in [6, 6.07) is 11.6. The molecule has 3 aromatic rings. The number of alkyl halides is 6. The van der Waals surface area contributed by atoms with Crippen molar-refractivity contribution in [1.82, 2.24) is 0 Å². The molecule has 182 valence electrons. The molecule has 0 radical (unpaired) electrons. The Morgan fingerprint density at radius 2 is 1.20 bits per heavy atom. The summed E-state index contributed by atoms with van der Waals surface area (Å²) in [6.07, 6.45) is 7.13. The van der Waals surface area contributed by atoms with Crippen LogP contribution in [-0.4, -0.2) is 24.1 Å². The van der Waals surface area contributed by atoms with E-state index in [9.17, 15) is 22.4 Å². The number of aryl methyl sites for hydroxylation is 2. The molecule has 0 saturated heterocycles. The van der Waals surface area contributed by atoms with Gasteiger partial charge in [0.25, 0.3) is 0 Å². The lowest BCUT2D eigenvalue weighted by Crippen LogP contribution is -2.48. The number of carbonyl (C=O) groups is 1. The molecular formula is C26H18F6OS2. The van der Waals surface area contributed by atoms with Crippen molar-refractivity contribution in [2.24, 2.45) is 0 Å². The highest BCUT2D eigenvalue weighted by Crippen LogP contribution is 2.65. The van der Waals surface area contributed by atoms with Crippen molar-refractivity contribution in [2.75, 3.05) is 0 Å². The average molecular weight is 525 g/mol. The Bertz CT molecular complexity index is 1360. The van der Waals surface area contributed by atoms with Crippen molar-refractivity contribution < 1.29 is 31.1 Å². The summed E-state index contributed by atoms with van der Waals surface area (Å²) in [5.41, 5.74) is -2.74. The standard InChI is InChI=1S/C26H18F6OS2/c1-15-20(12-18(34-15)11-7-6-10-17-8-4-3-5-9-17)22-23(21-13-19(14-33)35-16(21)2)25(29,30)26(31,32)24(22,27)28/h3-14H,1-2H3/b10-6+,11-7+. The maximum atomic E-state index is 15.0. The molecule has 0 spiro atoms. The minimum atomic E-state index is -5.64. The predicted molar refractivity (Wildman–Crippen MR) is 130 cm³/mol. The van der Waals surface area contributed by atoms with Crippen molar-refractivity contribution in [3.05, 3.63) is 90.8 Å². The third kappa shape index (κ3) is 4.10. The maximum Gasteiger partial charge on any atom is 0.380 e. The predicted octanol–water partition coefficient (Wildman–Crippen LogP) is 8.80. The molecule has 0 amide bonds. The van der Waals surface area contributed by atoms with Gasteiger partial charge in [0.2, 0.25) is 0 Å². The van der Waals surface area contributed by atoms with Gasteiger partial charge < -0.3 is 0 Å². The van der Waals surface area contributed by atoms with Crippen LogP contribution < -0.4 is 0 Å². The monoisotopic (exact) mass is 524 g/mol. The van der Waals surface area contributed by atoms with E-state index >= 15 is 8.78 Å². The number of carbonyl (C=O) groups excluding carboxylic acids is 1. The highest BCUT2D eigenvalue weighted by molar-refractivity contribution is 7.14. The quantitative estimate of drug-likeness (QED) is 0.179. The smallest absolute Gasteiger partial charge is 0.297 e. The van der Waals surface area contributed by atoms with Crippen LogP contribution in [0.3, 0.4) is 0 Å². The van der Waals surface area contributed by atoms with Gasteiger partial charge in [-0.15, -0.1) is 22.7 Å². The van der Waals surface area contributed by atoms with Crippen molar-refractivity contribution >= 4 is 52.3 Å². The number of thiophene rings is 2. The van der Waals surface area contributed by atoms with Crippen LogP contribution in [-0.2, 0) is 0 Å². The van der Waals surface area contributed by atoms with E-state index in [0.29, 0.717) is 11.2 Å². The number of aldehydes is 1. The zero-order chi connectivity index (χ0) is 25.6. The zero-order valence-electron chi connectivity index (χ0n) is 18.4. The summed E-state index contributed by atoms with van der Waals surface area (Å²) < 4.78 is 89.0. The second-order valence-corrected chi connectivity index (χ2v) is 10.5. The van der Waals surface area contributed by atoms with Crippen molar-refractivity contribution in [3.63, 3.8) is 0 Å². The van der Waals surface area contributed by atoms with Gasteiger partial charge >= 0.3 is 17.8 Å². The Morgan fingerprint density at radius 3 is 1.71 bits per heavy atom. The van der Waals surface area contributed by atoms with Crippen LogP contribution in [0.5, 0.6) is 0 Å². The van der Waals surface area contributed by atoms with Crippen molar-refractivity contribution in [2.45, 2.75) is 31.6 Å². The summed E-state index contributed by atoms with van der Waals surface area (Å²) in [4.78, 5) is 11.8. The van der Waals surface area contributed by atoms with Gasteiger partial charge in [-0.05, 0) is 48.7 Å². The summed E-state index contributed by atoms with van der Waals surface area (Å²) in [5.74, 6) is -15.9. The van der Waals surface area contributed by atoms with Gasteiger partial charge in [0.15, 0.2) is 6.29 Å². The molecule has 0 saturated carbocycles. The molecular weight excluding hydrogens is 506 g/mol. The fraction of sp³-hybridized carbons (Fsp3) is 0.192. The lowest BCUT2D eigenvalue weighted by atomic mass is 9.95. The van der Waals surface area contributed by atoms with Crippen LogP contribution in [0.15, 0.2) is 54.6 Å². The van der Waals surface area contributed by atoms with Gasteiger partial charge in [-0.2, -0.15) is 26.3 Å². The van der Waals surface area contributed by atoms with Crippen LogP contribution in [0.25, 0.3) is 23.3 Å². The Hall–Kier alpha value is -2.91. The van der Waals surface area contributed by atoms with Crippen LogP contribution in [0.4, 0.5) is 26.3 Å². The molecule has 1 nitrogen and oxygen atoms in total. The molecule has 35 heavy (non-hydrogen) atoms. The van der Waals surface area contributed by atoms with Gasteiger partial charge in [-0.25, -0.2) is 0 Å². The van der Waals surface area contributed by atoms with E-state index in [-0.39, 0.29) is 20.2 Å². The van der Waals surface area contributed by atoms with Crippen molar-refractivity contribution in [3.8, 4) is 0 Å². The van der Waals surface area contributed by atoms with Crippen LogP contribution in [0.1, 0.15) is 41.0 Å². The number of rotatable bonds is 6. The number of hydrogen-bond acceptors (Lipinski definition) is 3. The minimum absolute atomic E-state index is 0.0189. The Kier molecular flexibility index (Phi) is 6.44. The molecule has 0 bridgehead atoms. The van der Waals surface area contributed by atoms with Crippen LogP contribution >= 0.6 is 22.7 Å². The van der Waals surface area contributed by atoms with Gasteiger partial charge in [0.05, 0.1) is 4.88 Å². The first-order chi connectivity index (χ1) is 16.4. The Morgan fingerprint density at radius 1 is 0.714 bits per heavy atom. The van der Waals surface area contributed by atoms with Gasteiger partial charge in [0.1, 0.15) is 0 Å². The zero-order valence-corrected chi connectivity index (χ0v) is 20.1. The lowest BCUT2D eigenvalue weighted by Gasteiger charge is -2.25. The van der Waals surface area contributed by atoms with E-state index in [4.69, 9.17) is 0 Å². The molecule has 0 atom stereocenters. The number of allylic oxidation sites excluding steroid dienone is 4. The normalized spacial score (nSPS) is 18.7. The molecule has 0 aliphatic heterocycles. The number of hydrogen-bond donors (Lipinski definition) is 0. The summed E-state index contributed by atoms with van der Waals surface area (Å²) in [6.45, 7) is 2.75. The highest BCUT2D eigenvalue weighted by atomic mass is 32.1. The van der Waals surface area contributed by atoms with E-state index in [1.807, 2.05) is 36.4 Å². The van der Waals surface area contributed by atoms with E-state index < -0.39 is 34.5 Å². The first kappa shape index (κ1) is 25.2. The summed E-state index contributed by atoms with van der Waals surface area (Å²) in [5, 5.41) is 0. The average Bonchev–Trinajstić information content (AvgIpc) is 3.38. The Balaban J connectivity index is 1.83. The molecule has 1 aliphatic rings. The fourth-order valence-corrected chi connectivity index (χ4v) is 5.76.